The van der Waals surface area contributed by atoms with Crippen molar-refractivity contribution in [1.82, 2.24) is 15.2 Å². The van der Waals surface area contributed by atoms with Gasteiger partial charge >= 0.3 is 6.03 Å². The molecule has 2 aromatic rings. The maximum Gasteiger partial charge on any atom is 0.325 e. The Balaban J connectivity index is 1.47. The van der Waals surface area contributed by atoms with E-state index in [1.807, 2.05) is 0 Å². The topological polar surface area (TPSA) is 105 Å². The van der Waals surface area contributed by atoms with Gasteiger partial charge in [0.15, 0.2) is 5.78 Å². The molecule has 30 heavy (non-hydrogen) atoms. The van der Waals surface area contributed by atoms with Gasteiger partial charge in [-0.2, -0.15) is 0 Å². The molecule has 0 bridgehead atoms. The van der Waals surface area contributed by atoms with Crippen LogP contribution in [0.5, 0.6) is 0 Å². The highest BCUT2D eigenvalue weighted by molar-refractivity contribution is 6.11. The van der Waals surface area contributed by atoms with Crippen molar-refractivity contribution >= 4 is 23.4 Å². The van der Waals surface area contributed by atoms with E-state index in [2.05, 4.69) is 10.3 Å². The second-order valence-electron chi connectivity index (χ2n) is 7.72. The molecule has 1 saturated heterocycles. The third kappa shape index (κ3) is 3.51. The molecule has 2 heterocycles. The minimum Gasteiger partial charge on any atom is -0.397 e. The van der Waals surface area contributed by atoms with Crippen molar-refractivity contribution in [2.45, 2.75) is 37.1 Å². The molecule has 2 fully saturated rings. The highest BCUT2D eigenvalue weighted by atomic mass is 19.3. The molecule has 156 valence electrons. The Morgan fingerprint density at radius 1 is 1.10 bits per heavy atom. The quantitative estimate of drug-likeness (QED) is 0.591. The zero-order valence-electron chi connectivity index (χ0n) is 16.0. The van der Waals surface area contributed by atoms with Gasteiger partial charge in [0.05, 0.1) is 18.4 Å². The Morgan fingerprint density at radius 2 is 1.77 bits per heavy atom. The minimum atomic E-state index is -2.83. The first kappa shape index (κ1) is 19.9. The van der Waals surface area contributed by atoms with Crippen molar-refractivity contribution in [3.63, 3.8) is 0 Å². The van der Waals surface area contributed by atoms with Crippen LogP contribution in [0.1, 0.15) is 36.0 Å². The van der Waals surface area contributed by atoms with E-state index in [4.69, 9.17) is 5.73 Å². The number of aromatic nitrogens is 1. The maximum absolute atomic E-state index is 13.5. The smallest absolute Gasteiger partial charge is 0.325 e. The number of nitrogens with two attached hydrogens (primary N) is 1. The second kappa shape index (κ2) is 7.16. The highest BCUT2D eigenvalue weighted by Gasteiger charge is 2.55. The number of rotatable bonds is 4. The maximum atomic E-state index is 13.5. The number of benzene rings is 1. The van der Waals surface area contributed by atoms with Crippen LogP contribution in [-0.2, 0) is 4.79 Å². The van der Waals surface area contributed by atoms with Gasteiger partial charge < -0.3 is 11.1 Å². The molecule has 3 N–H and O–H groups in total. The molecule has 1 aliphatic heterocycles. The van der Waals surface area contributed by atoms with E-state index in [9.17, 15) is 23.2 Å². The fraction of sp³-hybridized carbons (Fsp3) is 0.333. The van der Waals surface area contributed by atoms with Gasteiger partial charge in [0.1, 0.15) is 5.54 Å². The van der Waals surface area contributed by atoms with Crippen molar-refractivity contribution in [2.75, 3.05) is 12.3 Å². The molecule has 3 amide bonds. The van der Waals surface area contributed by atoms with Gasteiger partial charge in [-0.3, -0.25) is 19.5 Å². The fourth-order valence-electron chi connectivity index (χ4n) is 3.94. The molecular weight excluding hydrogens is 394 g/mol. The predicted octanol–water partition coefficient (Wildman–Crippen LogP) is 3.01. The Hall–Kier alpha value is -3.36. The lowest BCUT2D eigenvalue weighted by atomic mass is 9.80. The summed E-state index contributed by atoms with van der Waals surface area (Å²) in [6, 6.07) is 7.65. The largest absolute Gasteiger partial charge is 0.397 e. The van der Waals surface area contributed by atoms with Gasteiger partial charge in [-0.05, 0) is 24.5 Å². The highest BCUT2D eigenvalue weighted by Crippen LogP contribution is 2.41. The van der Waals surface area contributed by atoms with Crippen LogP contribution >= 0.6 is 0 Å². The van der Waals surface area contributed by atoms with Crippen molar-refractivity contribution in [2.24, 2.45) is 0 Å². The van der Waals surface area contributed by atoms with Crippen molar-refractivity contribution in [3.8, 4) is 11.1 Å². The number of ketones is 1. The third-order valence-corrected chi connectivity index (χ3v) is 5.75. The Kier molecular flexibility index (Phi) is 4.76. The number of urea groups is 1. The molecule has 0 radical (unpaired) electrons. The number of anilines is 1. The summed E-state index contributed by atoms with van der Waals surface area (Å²) in [5, 5.41) is 2.53. The minimum absolute atomic E-state index is 0.142. The summed E-state index contributed by atoms with van der Waals surface area (Å²) in [7, 11) is 0. The molecule has 0 atom stereocenters. The van der Waals surface area contributed by atoms with Crippen LogP contribution in [-0.4, -0.2) is 45.6 Å². The first-order chi connectivity index (χ1) is 14.2. The zero-order chi connectivity index (χ0) is 21.5. The van der Waals surface area contributed by atoms with E-state index in [0.29, 0.717) is 11.3 Å². The molecule has 1 saturated carbocycles. The van der Waals surface area contributed by atoms with Gasteiger partial charge in [-0.1, -0.05) is 24.3 Å². The first-order valence-electron chi connectivity index (χ1n) is 9.56. The number of carbonyl (C=O) groups is 3. The monoisotopic (exact) mass is 414 g/mol. The van der Waals surface area contributed by atoms with Crippen molar-refractivity contribution in [1.29, 1.82) is 0 Å². The van der Waals surface area contributed by atoms with Crippen LogP contribution in [0.3, 0.4) is 0 Å². The van der Waals surface area contributed by atoms with E-state index >= 15 is 0 Å². The molecule has 2 aliphatic rings. The molecule has 0 unspecified atom stereocenters. The molecule has 4 rings (SSSR count). The number of carbonyl (C=O) groups excluding carboxylic acids is 3. The van der Waals surface area contributed by atoms with E-state index in [0.717, 1.165) is 16.0 Å². The molecule has 1 aromatic heterocycles. The number of Topliss-reactive ketones (excluding diaryl/α,β-unsaturated/α-hetero) is 1. The summed E-state index contributed by atoms with van der Waals surface area (Å²) >= 11 is 0. The van der Waals surface area contributed by atoms with Gasteiger partial charge in [0.2, 0.25) is 5.92 Å². The number of imide groups is 1. The Bertz CT molecular complexity index is 1010. The van der Waals surface area contributed by atoms with Crippen LogP contribution in [0.25, 0.3) is 11.1 Å². The average molecular weight is 414 g/mol. The lowest BCUT2D eigenvalue weighted by Gasteiger charge is -2.34. The number of pyridine rings is 1. The summed E-state index contributed by atoms with van der Waals surface area (Å²) in [5.41, 5.74) is 6.97. The van der Waals surface area contributed by atoms with E-state index in [1.54, 1.807) is 36.5 Å². The van der Waals surface area contributed by atoms with Crippen LogP contribution in [0.2, 0.25) is 0 Å². The summed E-state index contributed by atoms with van der Waals surface area (Å²) in [4.78, 5) is 42.5. The van der Waals surface area contributed by atoms with Gasteiger partial charge in [0, 0.05) is 30.2 Å². The van der Waals surface area contributed by atoms with E-state index in [-0.39, 0.29) is 12.8 Å². The van der Waals surface area contributed by atoms with Crippen LogP contribution in [0.15, 0.2) is 42.7 Å². The average Bonchev–Trinajstić information content (AvgIpc) is 2.95. The number of amides is 3. The first-order valence-corrected chi connectivity index (χ1v) is 9.56. The number of hydrogen-bond donors (Lipinski definition) is 2. The van der Waals surface area contributed by atoms with Crippen LogP contribution < -0.4 is 11.1 Å². The van der Waals surface area contributed by atoms with Gasteiger partial charge in [0.25, 0.3) is 5.91 Å². The zero-order valence-corrected chi connectivity index (χ0v) is 16.0. The second-order valence-corrected chi connectivity index (χ2v) is 7.72. The summed E-state index contributed by atoms with van der Waals surface area (Å²) in [6.45, 7) is -0.445. The van der Waals surface area contributed by atoms with Crippen molar-refractivity contribution in [3.05, 3.63) is 48.3 Å². The summed E-state index contributed by atoms with van der Waals surface area (Å²) < 4.78 is 26.9. The molecule has 7 nitrogen and oxygen atoms in total. The SMILES string of the molecule is Nc1cnccc1-c1ccc(C(=O)CN2C(=O)NC3(CCC(F)(F)CC3)C2=O)cc1. The van der Waals surface area contributed by atoms with Crippen LogP contribution in [0, 0.1) is 0 Å². The molecule has 9 heteroatoms. The van der Waals surface area contributed by atoms with Gasteiger partial charge in [-0.15, -0.1) is 0 Å². The number of nitrogens with one attached hydrogen (secondary N) is 1. The Labute approximate surface area is 171 Å². The molecular formula is C21H20F2N4O3. The fourth-order valence-corrected chi connectivity index (χ4v) is 3.94. The standard InChI is InChI=1S/C21H20F2N4O3/c22-21(23)8-6-20(7-9-21)18(29)27(19(30)26-20)12-17(28)14-3-1-13(2-4-14)15-5-10-25-11-16(15)24/h1-5,10-11H,6-9,12,24H2,(H,26,30). The summed E-state index contributed by atoms with van der Waals surface area (Å²) in [5.74, 6) is -3.87. The lowest BCUT2D eigenvalue weighted by molar-refractivity contribution is -0.135. The van der Waals surface area contributed by atoms with E-state index < -0.39 is 48.6 Å². The Morgan fingerprint density at radius 3 is 2.40 bits per heavy atom. The number of hydrogen-bond acceptors (Lipinski definition) is 5. The molecule has 1 aliphatic carbocycles. The number of nitrogens with zero attached hydrogens (tertiary/aromatic N) is 2. The normalized spacial score (nSPS) is 19.7. The molecule has 1 aromatic carbocycles. The van der Waals surface area contributed by atoms with E-state index in [1.165, 1.54) is 6.20 Å². The summed E-state index contributed by atoms with van der Waals surface area (Å²) in [6.07, 6.45) is 1.91. The van der Waals surface area contributed by atoms with Gasteiger partial charge in [-0.25, -0.2) is 13.6 Å². The number of alkyl halides is 2. The van der Waals surface area contributed by atoms with Crippen molar-refractivity contribution < 1.29 is 23.2 Å². The lowest BCUT2D eigenvalue weighted by Crippen LogP contribution is -2.51. The third-order valence-electron chi connectivity index (χ3n) is 5.75. The number of halogens is 2. The number of nitrogen functional groups attached to an aromatic ring is 1. The predicted molar refractivity (Wildman–Crippen MR) is 105 cm³/mol. The molecule has 1 spiro atoms. The van der Waals surface area contributed by atoms with Crippen LogP contribution in [0.4, 0.5) is 19.3 Å².